The average Bonchev–Trinajstić information content (AvgIpc) is 3.37. The second-order valence-electron chi connectivity index (χ2n) is 9.66. The van der Waals surface area contributed by atoms with Crippen LogP contribution in [-0.2, 0) is 32.5 Å². The number of carbonyl (C=O) groups is 2. The fourth-order valence-electron chi connectivity index (χ4n) is 4.83. The Morgan fingerprint density at radius 3 is 2.31 bits per heavy atom. The first-order valence-corrected chi connectivity index (χ1v) is 14.8. The van der Waals surface area contributed by atoms with Crippen molar-refractivity contribution in [2.24, 2.45) is 0 Å². The van der Waals surface area contributed by atoms with Crippen LogP contribution in [0, 0.1) is 5.82 Å². The summed E-state index contributed by atoms with van der Waals surface area (Å²) in [5.74, 6) is -1.49. The van der Waals surface area contributed by atoms with Gasteiger partial charge in [0.1, 0.15) is 24.2 Å². The minimum atomic E-state index is -4.12. The first kappa shape index (κ1) is 29.1. The van der Waals surface area contributed by atoms with Gasteiger partial charge < -0.3 is 15.2 Å². The van der Waals surface area contributed by atoms with E-state index in [-0.39, 0.29) is 41.7 Å². The number of nitrogens with one attached hydrogen (secondary N) is 1. The second kappa shape index (κ2) is 12.2. The molecule has 2 N–H and O–H groups in total. The van der Waals surface area contributed by atoms with Gasteiger partial charge in [-0.2, -0.15) is 0 Å². The molecule has 216 valence electrons. The minimum absolute atomic E-state index is 0.0205. The molecule has 11 heteroatoms. The molecule has 0 saturated carbocycles. The van der Waals surface area contributed by atoms with Crippen LogP contribution in [0.25, 0.3) is 11.1 Å². The molecule has 0 bridgehead atoms. The quantitative estimate of drug-likeness (QED) is 0.243. The van der Waals surface area contributed by atoms with E-state index in [1.165, 1.54) is 30.3 Å². The van der Waals surface area contributed by atoms with Crippen LogP contribution >= 0.6 is 11.6 Å². The molecular weight excluding hydrogens is 583 g/mol. The predicted octanol–water partition coefficient (Wildman–Crippen LogP) is 5.09. The van der Waals surface area contributed by atoms with Crippen molar-refractivity contribution < 1.29 is 32.2 Å². The maximum absolute atomic E-state index is 13.9. The maximum Gasteiger partial charge on any atom is 0.307 e. The Kier molecular flexibility index (Phi) is 8.46. The Hall–Kier alpha value is -4.41. The smallest absolute Gasteiger partial charge is 0.307 e. The third kappa shape index (κ3) is 6.24. The molecule has 42 heavy (non-hydrogen) atoms. The Labute approximate surface area is 247 Å². The van der Waals surface area contributed by atoms with E-state index < -0.39 is 27.9 Å². The summed E-state index contributed by atoms with van der Waals surface area (Å²) >= 11 is 6.19. The Bertz CT molecular complexity index is 1730. The number of carbonyl (C=O) groups excluding carboxylic acids is 1. The molecule has 8 nitrogen and oxygen atoms in total. The highest BCUT2D eigenvalue weighted by atomic mass is 35.5. The summed E-state index contributed by atoms with van der Waals surface area (Å²) in [4.78, 5) is 24.2. The van der Waals surface area contributed by atoms with Crippen molar-refractivity contribution in [3.8, 4) is 16.9 Å². The third-order valence-electron chi connectivity index (χ3n) is 6.83. The molecule has 0 saturated heterocycles. The fraction of sp³-hybridized carbons (Fsp3) is 0.161. The topological polar surface area (TPSA) is 113 Å². The van der Waals surface area contributed by atoms with Gasteiger partial charge in [0.05, 0.1) is 28.6 Å². The monoisotopic (exact) mass is 608 g/mol. The highest BCUT2D eigenvalue weighted by Crippen LogP contribution is 2.37. The summed E-state index contributed by atoms with van der Waals surface area (Å²) in [6, 6.07) is 22.8. The van der Waals surface area contributed by atoms with Crippen LogP contribution in [0.3, 0.4) is 0 Å². The summed E-state index contributed by atoms with van der Waals surface area (Å²) in [7, 11) is -4.12. The number of ether oxygens (including phenoxy) is 1. The number of aliphatic carboxylic acids is 1. The van der Waals surface area contributed by atoms with Crippen molar-refractivity contribution >= 4 is 39.2 Å². The van der Waals surface area contributed by atoms with Gasteiger partial charge in [0, 0.05) is 6.42 Å². The van der Waals surface area contributed by atoms with Crippen molar-refractivity contribution in [3.05, 3.63) is 113 Å². The summed E-state index contributed by atoms with van der Waals surface area (Å²) in [5, 5.41) is 11.9. The molecule has 1 aliphatic heterocycles. The lowest BCUT2D eigenvalue weighted by molar-refractivity contribution is -0.136. The molecule has 0 unspecified atom stereocenters. The van der Waals surface area contributed by atoms with Crippen LogP contribution in [0.5, 0.6) is 5.75 Å². The van der Waals surface area contributed by atoms with E-state index in [1.807, 2.05) is 0 Å². The lowest BCUT2D eigenvalue weighted by Crippen LogP contribution is -2.48. The van der Waals surface area contributed by atoms with Crippen molar-refractivity contribution in [3.63, 3.8) is 0 Å². The van der Waals surface area contributed by atoms with E-state index in [0.29, 0.717) is 17.0 Å². The minimum Gasteiger partial charge on any atom is -0.490 e. The molecule has 0 spiro atoms. The Morgan fingerprint density at radius 1 is 0.976 bits per heavy atom. The van der Waals surface area contributed by atoms with Crippen LogP contribution in [0.15, 0.2) is 95.9 Å². The van der Waals surface area contributed by atoms with Gasteiger partial charge >= 0.3 is 5.97 Å². The number of nitrogens with zero attached hydrogens (tertiary/aromatic N) is 1. The highest BCUT2D eigenvalue weighted by Gasteiger charge is 2.42. The number of sulfonamides is 1. The van der Waals surface area contributed by atoms with Gasteiger partial charge in [0.15, 0.2) is 0 Å². The zero-order valence-corrected chi connectivity index (χ0v) is 23.7. The molecule has 1 atom stereocenters. The molecule has 1 aliphatic rings. The fourth-order valence-corrected chi connectivity index (χ4v) is 6.74. The SMILES string of the molecule is O=C(O)Cc1ccc(OCCNC(=O)[C@@H]2Cc3ccccc3N2S(=O)(=O)c2ccc(-c3ccc(F)cc3)cc2)c(Cl)c1. The van der Waals surface area contributed by atoms with E-state index in [4.69, 9.17) is 21.4 Å². The number of carboxylic acid groups (broad SMARTS) is 1. The van der Waals surface area contributed by atoms with Gasteiger partial charge in [0.25, 0.3) is 10.0 Å². The molecular formula is C31H26ClFN2O6S. The molecule has 0 radical (unpaired) electrons. The van der Waals surface area contributed by atoms with Gasteiger partial charge in [-0.3, -0.25) is 13.9 Å². The van der Waals surface area contributed by atoms with Crippen LogP contribution in [0.1, 0.15) is 11.1 Å². The van der Waals surface area contributed by atoms with E-state index in [2.05, 4.69) is 5.32 Å². The number of benzene rings is 4. The maximum atomic E-state index is 13.9. The van der Waals surface area contributed by atoms with Crippen LogP contribution < -0.4 is 14.4 Å². The highest BCUT2D eigenvalue weighted by molar-refractivity contribution is 7.93. The summed E-state index contributed by atoms with van der Waals surface area (Å²) in [6.07, 6.45) is 0.0320. The summed E-state index contributed by atoms with van der Waals surface area (Å²) in [5.41, 5.74) is 3.16. The van der Waals surface area contributed by atoms with Crippen LogP contribution in [-0.4, -0.2) is 44.6 Å². The van der Waals surface area contributed by atoms with Crippen molar-refractivity contribution in [2.45, 2.75) is 23.8 Å². The van der Waals surface area contributed by atoms with Gasteiger partial charge in [-0.15, -0.1) is 0 Å². The lowest BCUT2D eigenvalue weighted by Gasteiger charge is -2.26. The van der Waals surface area contributed by atoms with Gasteiger partial charge in [-0.05, 0) is 64.7 Å². The molecule has 0 fully saturated rings. The number of hydrogen-bond acceptors (Lipinski definition) is 5. The van der Waals surface area contributed by atoms with Crippen LogP contribution in [0.2, 0.25) is 5.02 Å². The number of hydrogen-bond donors (Lipinski definition) is 2. The largest absolute Gasteiger partial charge is 0.490 e. The number of carboxylic acids is 1. The third-order valence-corrected chi connectivity index (χ3v) is 8.96. The molecule has 1 heterocycles. The number of anilines is 1. The number of halogens is 2. The summed E-state index contributed by atoms with van der Waals surface area (Å²) < 4.78 is 47.9. The number of fused-ring (bicyclic) bond motifs is 1. The average molecular weight is 609 g/mol. The number of rotatable bonds is 10. The number of amides is 1. The molecule has 1 amide bonds. The van der Waals surface area contributed by atoms with E-state index in [1.54, 1.807) is 60.7 Å². The van der Waals surface area contributed by atoms with Crippen molar-refractivity contribution in [1.29, 1.82) is 0 Å². The van der Waals surface area contributed by atoms with Gasteiger partial charge in [0.2, 0.25) is 5.91 Å². The molecule has 4 aromatic rings. The first-order chi connectivity index (χ1) is 20.1. The molecule has 0 aliphatic carbocycles. The van der Waals surface area contributed by atoms with Gasteiger partial charge in [-0.25, -0.2) is 12.8 Å². The van der Waals surface area contributed by atoms with E-state index in [9.17, 15) is 22.4 Å². The Morgan fingerprint density at radius 2 is 1.64 bits per heavy atom. The van der Waals surface area contributed by atoms with Gasteiger partial charge in [-0.1, -0.05) is 60.1 Å². The predicted molar refractivity (Wildman–Crippen MR) is 157 cm³/mol. The molecule has 4 aromatic carbocycles. The van der Waals surface area contributed by atoms with Crippen molar-refractivity contribution in [1.82, 2.24) is 5.32 Å². The van der Waals surface area contributed by atoms with E-state index >= 15 is 0 Å². The zero-order chi connectivity index (χ0) is 29.9. The summed E-state index contributed by atoms with van der Waals surface area (Å²) in [6.45, 7) is 0.139. The Balaban J connectivity index is 1.29. The van der Waals surface area contributed by atoms with E-state index in [0.717, 1.165) is 21.0 Å². The second-order valence-corrected chi connectivity index (χ2v) is 11.9. The number of para-hydroxylation sites is 1. The van der Waals surface area contributed by atoms with Crippen molar-refractivity contribution in [2.75, 3.05) is 17.5 Å². The lowest BCUT2D eigenvalue weighted by atomic mass is 10.1. The van der Waals surface area contributed by atoms with Crippen LogP contribution in [0.4, 0.5) is 10.1 Å². The zero-order valence-electron chi connectivity index (χ0n) is 22.2. The standard InChI is InChI=1S/C31H26ClFN2O6S/c32-26-17-20(18-30(36)37)5-14-29(26)41-16-15-34-31(38)28-19-23-3-1-2-4-27(23)35(28)42(39,40)25-12-8-22(9-13-25)21-6-10-24(33)11-7-21/h1-14,17,28H,15-16,18-19H2,(H,34,38)(H,36,37)/t28-/m0/s1. The first-order valence-electron chi connectivity index (χ1n) is 13.0. The molecule has 0 aromatic heterocycles. The normalized spacial score (nSPS) is 14.3. The molecule has 5 rings (SSSR count).